The number of nitrogens with two attached hydrogens (primary N) is 1. The van der Waals surface area contributed by atoms with Gasteiger partial charge >= 0.3 is 0 Å². The molecule has 0 heterocycles. The minimum absolute atomic E-state index is 0. The van der Waals surface area contributed by atoms with Crippen LogP contribution in [0.25, 0.3) is 0 Å². The smallest absolute Gasteiger partial charge is 0.0716 e. The van der Waals surface area contributed by atoms with Gasteiger partial charge in [-0.25, -0.2) is 0 Å². The molecule has 0 unspecified atom stereocenters. The van der Waals surface area contributed by atoms with Crippen LogP contribution in [-0.2, 0) is 21.7 Å². The van der Waals surface area contributed by atoms with Crippen molar-refractivity contribution in [2.75, 3.05) is 0 Å². The van der Waals surface area contributed by atoms with Crippen molar-refractivity contribution in [3.8, 4) is 0 Å². The third-order valence-corrected chi connectivity index (χ3v) is 0.329. The van der Waals surface area contributed by atoms with Gasteiger partial charge in [-0.05, 0) is 6.92 Å². The normalized spacial score (nSPS) is 6.75. The molecule has 0 aliphatic carbocycles. The van der Waals surface area contributed by atoms with E-state index in [0.29, 0.717) is 0 Å². The molecule has 0 atom stereocenters. The van der Waals surface area contributed by atoms with Crippen LogP contribution < -0.4 is 5.40 Å². The van der Waals surface area contributed by atoms with Crippen LogP contribution in [0.5, 0.6) is 0 Å². The fourth-order valence-electron chi connectivity index (χ4n) is 0.136. The van der Waals surface area contributed by atoms with Crippen LogP contribution in [-0.4, -0.2) is 10.4 Å². The molecule has 0 amide bonds. The molecule has 0 fully saturated rings. The first kappa shape index (κ1) is 15.8. The quantitative estimate of drug-likeness (QED) is 0.426. The van der Waals surface area contributed by atoms with E-state index in [9.17, 15) is 0 Å². The van der Waals surface area contributed by atoms with E-state index in [-0.39, 0.29) is 21.7 Å². The summed E-state index contributed by atoms with van der Waals surface area (Å²) in [6, 6.07) is 0. The summed E-state index contributed by atoms with van der Waals surface area (Å²) < 4.78 is 0. The summed E-state index contributed by atoms with van der Waals surface area (Å²) in [6.45, 7) is 5.42. The van der Waals surface area contributed by atoms with Crippen molar-refractivity contribution in [2.24, 2.45) is 5.40 Å². The maximum absolute atomic E-state index is 4.64. The molecule has 0 aliphatic rings. The summed E-state index contributed by atoms with van der Waals surface area (Å²) in [5, 5.41) is 4.64. The summed E-state index contributed by atoms with van der Waals surface area (Å²) in [7, 11) is 0.806. The van der Waals surface area contributed by atoms with Gasteiger partial charge in [0.15, 0.2) is 0 Å². The van der Waals surface area contributed by atoms with Gasteiger partial charge < -0.3 is 5.40 Å². The molecule has 0 spiro atoms. The van der Waals surface area contributed by atoms with E-state index in [1.807, 2.05) is 19.1 Å². The molecule has 2 N–H and O–H groups in total. The number of hydrogen-bond donors (Lipinski definition) is 1. The standard InChI is InChI=1S/C5H8.H5NSi.Ti/c1-3-5-4-2;1-2;/h3-5H,1H2,2H3;1H2,2H3;. The molecule has 0 aromatic heterocycles. The molecule has 0 rings (SSSR count). The van der Waals surface area contributed by atoms with Gasteiger partial charge in [0.2, 0.25) is 0 Å². The second-order valence-corrected chi connectivity index (χ2v) is 0.761. The predicted octanol–water partition coefficient (Wildman–Crippen LogP) is -0.0285. The topological polar surface area (TPSA) is 26.0 Å². The average molecular weight is 163 g/mol. The fraction of sp³-hybridized carbons (Fsp3) is 0.200. The molecule has 8 heavy (non-hydrogen) atoms. The Kier molecular flexibility index (Phi) is 51.9. The van der Waals surface area contributed by atoms with E-state index < -0.39 is 0 Å². The van der Waals surface area contributed by atoms with Gasteiger partial charge in [0.1, 0.15) is 0 Å². The van der Waals surface area contributed by atoms with Crippen molar-refractivity contribution in [3.05, 3.63) is 24.8 Å². The van der Waals surface area contributed by atoms with Gasteiger partial charge in [-0.1, -0.05) is 24.8 Å². The molecule has 0 aliphatic heterocycles. The zero-order chi connectivity index (χ0) is 6.12. The average Bonchev–Trinajstić information content (AvgIpc) is 1.75. The number of rotatable bonds is 1. The Morgan fingerprint density at radius 1 is 1.50 bits per heavy atom. The third kappa shape index (κ3) is 32.7. The maximum Gasteiger partial charge on any atom is 0.0716 e. The van der Waals surface area contributed by atoms with Crippen LogP contribution >= 0.6 is 0 Å². The predicted molar refractivity (Wildman–Crippen MR) is 39.1 cm³/mol. The van der Waals surface area contributed by atoms with E-state index >= 15 is 0 Å². The molecule has 0 saturated carbocycles. The van der Waals surface area contributed by atoms with Crippen LogP contribution in [0.15, 0.2) is 24.8 Å². The van der Waals surface area contributed by atoms with Gasteiger partial charge in [0.25, 0.3) is 0 Å². The van der Waals surface area contributed by atoms with Crippen molar-refractivity contribution in [2.45, 2.75) is 6.92 Å². The Morgan fingerprint density at radius 3 is 1.88 bits per heavy atom. The Morgan fingerprint density at radius 2 is 1.88 bits per heavy atom. The van der Waals surface area contributed by atoms with Crippen LogP contribution in [0.1, 0.15) is 6.92 Å². The second-order valence-electron chi connectivity index (χ2n) is 0.761. The van der Waals surface area contributed by atoms with E-state index in [2.05, 4.69) is 12.0 Å². The second kappa shape index (κ2) is 26.3. The van der Waals surface area contributed by atoms with Crippen LogP contribution in [0, 0.1) is 0 Å². The largest absolute Gasteiger partial charge is 0.358 e. The molecule has 46 valence electrons. The minimum Gasteiger partial charge on any atom is -0.358 e. The van der Waals surface area contributed by atoms with E-state index in [0.717, 1.165) is 10.4 Å². The van der Waals surface area contributed by atoms with Gasteiger partial charge in [0.05, 0.1) is 10.4 Å². The Balaban J connectivity index is -0.0000000750. The van der Waals surface area contributed by atoms with E-state index in [4.69, 9.17) is 0 Å². The Labute approximate surface area is 69.4 Å². The zero-order valence-electron chi connectivity index (χ0n) is 5.52. The van der Waals surface area contributed by atoms with Crippen molar-refractivity contribution in [1.29, 1.82) is 0 Å². The molecule has 0 bridgehead atoms. The first-order valence-electron chi connectivity index (χ1n) is 2.23. The van der Waals surface area contributed by atoms with Gasteiger partial charge in [-0.15, -0.1) is 0 Å². The summed E-state index contributed by atoms with van der Waals surface area (Å²) in [5.74, 6) is 0. The molecule has 3 heteroatoms. The monoisotopic (exact) mass is 163 g/mol. The van der Waals surface area contributed by atoms with Crippen LogP contribution in [0.4, 0.5) is 0 Å². The molecular formula is C5H13NSiTi. The molecule has 0 aromatic carbocycles. The van der Waals surface area contributed by atoms with E-state index in [1.54, 1.807) is 6.08 Å². The number of hydrogen-bond acceptors (Lipinski definition) is 1. The van der Waals surface area contributed by atoms with Crippen molar-refractivity contribution >= 4 is 10.4 Å². The first-order valence-corrected chi connectivity index (χ1v) is 3.38. The van der Waals surface area contributed by atoms with Crippen LogP contribution in [0.3, 0.4) is 0 Å². The first-order chi connectivity index (χ1) is 3.41. The maximum atomic E-state index is 4.64. The van der Waals surface area contributed by atoms with Crippen molar-refractivity contribution in [3.63, 3.8) is 0 Å². The molecule has 1 nitrogen and oxygen atoms in total. The number of allylic oxidation sites excluding steroid dienone is 3. The molecule has 0 radical (unpaired) electrons. The molecule has 0 saturated heterocycles. The van der Waals surface area contributed by atoms with E-state index in [1.165, 1.54) is 0 Å². The molecule has 0 aromatic rings. The van der Waals surface area contributed by atoms with Gasteiger partial charge in [0, 0.05) is 21.7 Å². The minimum atomic E-state index is 0. The third-order valence-electron chi connectivity index (χ3n) is 0.329. The summed E-state index contributed by atoms with van der Waals surface area (Å²) >= 11 is 0. The van der Waals surface area contributed by atoms with Gasteiger partial charge in [-0.3, -0.25) is 0 Å². The zero-order valence-corrected chi connectivity index (χ0v) is 9.08. The summed E-state index contributed by atoms with van der Waals surface area (Å²) in [5.41, 5.74) is 0. The van der Waals surface area contributed by atoms with Crippen molar-refractivity contribution < 1.29 is 21.7 Å². The van der Waals surface area contributed by atoms with Crippen molar-refractivity contribution in [1.82, 2.24) is 0 Å². The van der Waals surface area contributed by atoms with Crippen LogP contribution in [0.2, 0.25) is 0 Å². The molecular weight excluding hydrogens is 150 g/mol. The Hall–Kier alpha value is 0.371. The SMILES string of the molecule is C=CC=CC.N[SiH3].[Ti]. The summed E-state index contributed by atoms with van der Waals surface area (Å²) in [6.07, 6.45) is 5.58. The summed E-state index contributed by atoms with van der Waals surface area (Å²) in [4.78, 5) is 0. The van der Waals surface area contributed by atoms with Gasteiger partial charge in [-0.2, -0.15) is 0 Å². The Bertz CT molecular complexity index is 54.4. The fourth-order valence-corrected chi connectivity index (χ4v) is 0.136.